The molecule has 1 saturated heterocycles. The van der Waals surface area contributed by atoms with E-state index < -0.39 is 11.4 Å². The smallest absolute Gasteiger partial charge is 0.410 e. The summed E-state index contributed by atoms with van der Waals surface area (Å²) >= 11 is 0. The zero-order valence-corrected chi connectivity index (χ0v) is 18.7. The summed E-state index contributed by atoms with van der Waals surface area (Å²) in [5.41, 5.74) is 0.419. The van der Waals surface area contributed by atoms with Gasteiger partial charge in [0.05, 0.1) is 5.56 Å². The summed E-state index contributed by atoms with van der Waals surface area (Å²) < 4.78 is 25.4. The number of amides is 2. The maximum atomic E-state index is 14.4. The molecule has 31 heavy (non-hydrogen) atoms. The van der Waals surface area contributed by atoms with E-state index in [1.807, 2.05) is 25.7 Å². The van der Waals surface area contributed by atoms with Gasteiger partial charge in [-0.1, -0.05) is 6.07 Å². The second kappa shape index (κ2) is 8.77. The lowest BCUT2D eigenvalue weighted by Gasteiger charge is -2.28. The topological polar surface area (TPSA) is 67.9 Å². The zero-order valence-electron chi connectivity index (χ0n) is 18.7. The number of benzene rings is 1. The molecule has 7 heteroatoms. The van der Waals surface area contributed by atoms with Gasteiger partial charge in [0, 0.05) is 37.8 Å². The van der Waals surface area contributed by atoms with Gasteiger partial charge in [0.1, 0.15) is 11.4 Å². The number of carbonyl (C=O) groups is 2. The standard InChI is InChI=1S/C24H33FN2O4/c1-24(2,3)31-23(29)27(14-15-4-5-15)21-13-18(21)16-6-7-20(25)19(12-16)22(28)26-17-8-10-30-11-9-17/h6-7,12,15,17-18,21H,4-5,8-11,13-14H2,1-3H3,(H,26,28)/t18-,21+/m0/s1. The highest BCUT2D eigenvalue weighted by Gasteiger charge is 2.47. The SMILES string of the molecule is CC(C)(C)OC(=O)N(CC1CC1)[C@@H]1C[C@H]1c1ccc(F)c(C(=O)NC2CCOCC2)c1. The number of nitrogens with zero attached hydrogens (tertiary/aromatic N) is 1. The number of rotatable bonds is 6. The fourth-order valence-corrected chi connectivity index (χ4v) is 4.18. The molecule has 0 radical (unpaired) electrons. The van der Waals surface area contributed by atoms with Gasteiger partial charge in [-0.15, -0.1) is 0 Å². The van der Waals surface area contributed by atoms with Crippen molar-refractivity contribution in [2.45, 2.75) is 76.5 Å². The quantitative estimate of drug-likeness (QED) is 0.730. The lowest BCUT2D eigenvalue weighted by molar-refractivity contribution is 0.0220. The van der Waals surface area contributed by atoms with Crippen molar-refractivity contribution in [2.75, 3.05) is 19.8 Å². The first-order valence-corrected chi connectivity index (χ1v) is 11.4. The van der Waals surface area contributed by atoms with Gasteiger partial charge in [-0.3, -0.25) is 4.79 Å². The van der Waals surface area contributed by atoms with Gasteiger partial charge in [0.2, 0.25) is 0 Å². The molecule has 3 fully saturated rings. The van der Waals surface area contributed by atoms with E-state index in [9.17, 15) is 14.0 Å². The molecule has 1 heterocycles. The van der Waals surface area contributed by atoms with E-state index in [-0.39, 0.29) is 35.6 Å². The molecule has 0 spiro atoms. The van der Waals surface area contributed by atoms with Crippen LogP contribution in [0.25, 0.3) is 0 Å². The lowest BCUT2D eigenvalue weighted by Crippen LogP contribution is -2.40. The first kappa shape index (κ1) is 22.1. The summed E-state index contributed by atoms with van der Waals surface area (Å²) in [6, 6.07) is 4.79. The zero-order chi connectivity index (χ0) is 22.2. The van der Waals surface area contributed by atoms with E-state index in [1.165, 1.54) is 6.07 Å². The molecule has 2 atom stereocenters. The van der Waals surface area contributed by atoms with E-state index in [0.717, 1.165) is 37.7 Å². The van der Waals surface area contributed by atoms with E-state index in [1.54, 1.807) is 12.1 Å². The predicted octanol–water partition coefficient (Wildman–Crippen LogP) is 4.24. The molecule has 0 unspecified atom stereocenters. The minimum absolute atomic E-state index is 0.0131. The molecule has 1 aromatic carbocycles. The van der Waals surface area contributed by atoms with E-state index in [2.05, 4.69) is 5.32 Å². The Kier molecular flexibility index (Phi) is 6.24. The number of carbonyl (C=O) groups excluding carboxylic acids is 2. The number of nitrogens with one attached hydrogen (secondary N) is 1. The van der Waals surface area contributed by atoms with Crippen LogP contribution in [0.1, 0.15) is 74.7 Å². The lowest BCUT2D eigenvalue weighted by atomic mass is 10.0. The third-order valence-electron chi connectivity index (χ3n) is 6.16. The second-order valence-corrected chi connectivity index (χ2v) is 10.1. The molecule has 3 aliphatic rings. The average molecular weight is 433 g/mol. The summed E-state index contributed by atoms with van der Waals surface area (Å²) in [6.45, 7) is 7.53. The molecule has 2 amide bonds. The molecular weight excluding hydrogens is 399 g/mol. The van der Waals surface area contributed by atoms with Crippen molar-refractivity contribution in [3.63, 3.8) is 0 Å². The Bertz CT molecular complexity index is 827. The molecule has 0 bridgehead atoms. The van der Waals surface area contributed by atoms with Gasteiger partial charge in [-0.05, 0) is 76.5 Å². The van der Waals surface area contributed by atoms with Crippen LogP contribution in [0, 0.1) is 11.7 Å². The second-order valence-electron chi connectivity index (χ2n) is 10.1. The summed E-state index contributed by atoms with van der Waals surface area (Å²) in [7, 11) is 0. The summed E-state index contributed by atoms with van der Waals surface area (Å²) in [5.74, 6) is -0.262. The Balaban J connectivity index is 1.45. The first-order chi connectivity index (χ1) is 14.7. The summed E-state index contributed by atoms with van der Waals surface area (Å²) in [4.78, 5) is 27.3. The molecule has 170 valence electrons. The van der Waals surface area contributed by atoms with Crippen LogP contribution in [0.15, 0.2) is 18.2 Å². The third kappa shape index (κ3) is 5.76. The van der Waals surface area contributed by atoms with Crippen LogP contribution in [-0.4, -0.2) is 54.3 Å². The Morgan fingerprint density at radius 1 is 1.19 bits per heavy atom. The third-order valence-corrected chi connectivity index (χ3v) is 6.16. The Labute approximate surface area is 183 Å². The summed E-state index contributed by atoms with van der Waals surface area (Å²) in [6.07, 6.45) is 4.28. The number of hydrogen-bond acceptors (Lipinski definition) is 4. The van der Waals surface area contributed by atoms with Crippen molar-refractivity contribution in [3.8, 4) is 0 Å². The molecular formula is C24H33FN2O4. The maximum Gasteiger partial charge on any atom is 0.410 e. The van der Waals surface area contributed by atoms with Gasteiger partial charge in [0.25, 0.3) is 5.91 Å². The highest BCUT2D eigenvalue weighted by molar-refractivity contribution is 5.95. The largest absolute Gasteiger partial charge is 0.444 e. The number of hydrogen-bond donors (Lipinski definition) is 1. The van der Waals surface area contributed by atoms with Crippen LogP contribution in [0.5, 0.6) is 0 Å². The van der Waals surface area contributed by atoms with Gasteiger partial charge >= 0.3 is 6.09 Å². The Hall–Kier alpha value is -2.15. The fraction of sp³-hybridized carbons (Fsp3) is 0.667. The van der Waals surface area contributed by atoms with Crippen LogP contribution >= 0.6 is 0 Å². The van der Waals surface area contributed by atoms with E-state index in [4.69, 9.17) is 9.47 Å². The fourth-order valence-electron chi connectivity index (χ4n) is 4.18. The van der Waals surface area contributed by atoms with Crippen LogP contribution in [0.4, 0.5) is 9.18 Å². The van der Waals surface area contributed by atoms with Crippen molar-refractivity contribution >= 4 is 12.0 Å². The van der Waals surface area contributed by atoms with Crippen LogP contribution < -0.4 is 5.32 Å². The van der Waals surface area contributed by atoms with Gasteiger partial charge in [0.15, 0.2) is 0 Å². The highest BCUT2D eigenvalue weighted by Crippen LogP contribution is 2.47. The molecule has 6 nitrogen and oxygen atoms in total. The van der Waals surface area contributed by atoms with Crippen molar-refractivity contribution in [1.29, 1.82) is 0 Å². The van der Waals surface area contributed by atoms with Crippen LogP contribution in [0.2, 0.25) is 0 Å². The minimum atomic E-state index is -0.547. The van der Waals surface area contributed by atoms with Crippen LogP contribution in [-0.2, 0) is 9.47 Å². The van der Waals surface area contributed by atoms with Gasteiger partial charge < -0.3 is 19.7 Å². The normalized spacial score (nSPS) is 23.9. The molecule has 2 aliphatic carbocycles. The Morgan fingerprint density at radius 2 is 1.90 bits per heavy atom. The molecule has 1 aromatic rings. The minimum Gasteiger partial charge on any atom is -0.444 e. The first-order valence-electron chi connectivity index (χ1n) is 11.4. The predicted molar refractivity (Wildman–Crippen MR) is 115 cm³/mol. The van der Waals surface area contributed by atoms with Crippen molar-refractivity contribution in [2.24, 2.45) is 5.92 Å². The average Bonchev–Trinajstić information content (AvgIpc) is 3.60. The van der Waals surface area contributed by atoms with Crippen molar-refractivity contribution in [3.05, 3.63) is 35.1 Å². The van der Waals surface area contributed by atoms with Crippen LogP contribution in [0.3, 0.4) is 0 Å². The monoisotopic (exact) mass is 432 g/mol. The summed E-state index contributed by atoms with van der Waals surface area (Å²) in [5, 5.41) is 2.93. The molecule has 2 saturated carbocycles. The van der Waals surface area contributed by atoms with Gasteiger partial charge in [-0.25, -0.2) is 9.18 Å². The molecule has 4 rings (SSSR count). The number of ether oxygens (including phenoxy) is 2. The number of halogens is 1. The van der Waals surface area contributed by atoms with Crippen molar-refractivity contribution in [1.82, 2.24) is 10.2 Å². The van der Waals surface area contributed by atoms with Crippen molar-refractivity contribution < 1.29 is 23.5 Å². The Morgan fingerprint density at radius 3 is 2.55 bits per heavy atom. The highest BCUT2D eigenvalue weighted by atomic mass is 19.1. The molecule has 0 aromatic heterocycles. The van der Waals surface area contributed by atoms with Gasteiger partial charge in [-0.2, -0.15) is 0 Å². The van der Waals surface area contributed by atoms with E-state index >= 15 is 0 Å². The molecule has 1 N–H and O–H groups in total. The maximum absolute atomic E-state index is 14.4. The molecule has 1 aliphatic heterocycles. The van der Waals surface area contributed by atoms with E-state index in [0.29, 0.717) is 25.7 Å².